The molecule has 194 valence electrons. The number of nitrogens with zero attached hydrogens (tertiary/aromatic N) is 6. The molecule has 2 aliphatic heterocycles. The monoisotopic (exact) mass is 523 g/mol. The smallest absolute Gasteiger partial charge is 0.282 e. The minimum absolute atomic E-state index is 0.0527. The third-order valence-corrected chi connectivity index (χ3v) is 9.27. The molecule has 0 amide bonds. The van der Waals surface area contributed by atoms with Gasteiger partial charge in [0, 0.05) is 30.7 Å². The van der Waals surface area contributed by atoms with Gasteiger partial charge in [-0.05, 0) is 45.1 Å². The summed E-state index contributed by atoms with van der Waals surface area (Å²) in [5, 5.41) is 24.0. The van der Waals surface area contributed by atoms with Crippen molar-refractivity contribution in [3.63, 3.8) is 0 Å². The molecular formula is C22H27F2N7O4S. The summed E-state index contributed by atoms with van der Waals surface area (Å²) < 4.78 is 54.8. The molecule has 0 unspecified atom stereocenters. The van der Waals surface area contributed by atoms with Crippen LogP contribution in [0.1, 0.15) is 50.6 Å². The summed E-state index contributed by atoms with van der Waals surface area (Å²) in [6, 6.07) is 2.64. The molecule has 0 bridgehead atoms. The lowest BCUT2D eigenvalue weighted by molar-refractivity contribution is -0.0965. The van der Waals surface area contributed by atoms with Crippen LogP contribution in [0.25, 0.3) is 11.0 Å². The van der Waals surface area contributed by atoms with E-state index in [-0.39, 0.29) is 30.6 Å². The Morgan fingerprint density at radius 1 is 1.22 bits per heavy atom. The minimum Gasteiger partial charge on any atom is -0.388 e. The van der Waals surface area contributed by atoms with Crippen LogP contribution in [-0.4, -0.2) is 80.4 Å². The summed E-state index contributed by atoms with van der Waals surface area (Å²) in [6.07, 6.45) is 4.17. The largest absolute Gasteiger partial charge is 0.388 e. The quantitative estimate of drug-likeness (QED) is 0.595. The number of piperidine rings is 1. The maximum Gasteiger partial charge on any atom is 0.282 e. The molecule has 2 atom stereocenters. The Hall–Kier alpha value is -2.73. The molecule has 4 heterocycles. The van der Waals surface area contributed by atoms with Crippen LogP contribution < -0.4 is 10.9 Å². The van der Waals surface area contributed by atoms with Gasteiger partial charge in [-0.1, -0.05) is 0 Å². The fourth-order valence-corrected chi connectivity index (χ4v) is 7.01. The Balaban J connectivity index is 1.35. The highest BCUT2D eigenvalue weighted by molar-refractivity contribution is 7.86. The standard InChI is InChI=1S/C22H27F2N7O4S/c1-21(33)6-2-3-17(21)31-18-15(9-14(10-25)19(31)32)11-26-20(28-18)27-16-4-7-29(8-5-16)36(34,35)30-12-22(23,24)13-30/h9,11,16-17,33H,2-8,12-13H2,1H3,(H,26,27,28)/t17-,21-/m1/s1. The van der Waals surface area contributed by atoms with E-state index >= 15 is 0 Å². The van der Waals surface area contributed by atoms with Gasteiger partial charge in [0.1, 0.15) is 17.3 Å². The first-order chi connectivity index (χ1) is 16.9. The van der Waals surface area contributed by atoms with Crippen molar-refractivity contribution in [1.29, 1.82) is 5.26 Å². The molecule has 0 aromatic carbocycles. The molecule has 2 saturated heterocycles. The zero-order valence-electron chi connectivity index (χ0n) is 19.7. The third-order valence-electron chi connectivity index (χ3n) is 7.34. The van der Waals surface area contributed by atoms with Crippen molar-refractivity contribution in [3.05, 3.63) is 28.2 Å². The van der Waals surface area contributed by atoms with Crippen molar-refractivity contribution in [1.82, 2.24) is 23.1 Å². The topological polar surface area (TPSA) is 144 Å². The third kappa shape index (κ3) is 4.34. The molecule has 0 radical (unpaired) electrons. The van der Waals surface area contributed by atoms with Gasteiger partial charge < -0.3 is 10.4 Å². The lowest BCUT2D eigenvalue weighted by Gasteiger charge is -2.42. The van der Waals surface area contributed by atoms with E-state index in [0.29, 0.717) is 36.7 Å². The number of hydrogen-bond acceptors (Lipinski definition) is 8. The molecule has 2 aromatic heterocycles. The Labute approximate surface area is 206 Å². The maximum atomic E-state index is 13.1. The molecule has 14 heteroatoms. The molecule has 3 fully saturated rings. The summed E-state index contributed by atoms with van der Waals surface area (Å²) in [5.74, 6) is -2.73. The second kappa shape index (κ2) is 8.69. The van der Waals surface area contributed by atoms with Crippen molar-refractivity contribution >= 4 is 27.2 Å². The van der Waals surface area contributed by atoms with Gasteiger partial charge in [0.05, 0.1) is 24.7 Å². The lowest BCUT2D eigenvalue weighted by atomic mass is 9.99. The van der Waals surface area contributed by atoms with Gasteiger partial charge in [-0.25, -0.2) is 13.8 Å². The van der Waals surface area contributed by atoms with Crippen LogP contribution in [0, 0.1) is 11.3 Å². The summed E-state index contributed by atoms with van der Waals surface area (Å²) in [6.45, 7) is 0.419. The van der Waals surface area contributed by atoms with E-state index in [1.807, 2.05) is 6.07 Å². The van der Waals surface area contributed by atoms with Gasteiger partial charge in [-0.2, -0.15) is 27.3 Å². The van der Waals surface area contributed by atoms with E-state index in [9.17, 15) is 32.4 Å². The first-order valence-electron chi connectivity index (χ1n) is 11.9. The second-order valence-electron chi connectivity index (χ2n) is 10.0. The first-order valence-corrected chi connectivity index (χ1v) is 13.3. The molecule has 2 N–H and O–H groups in total. The number of pyridine rings is 1. The maximum absolute atomic E-state index is 13.1. The second-order valence-corrected chi connectivity index (χ2v) is 12.0. The molecule has 3 aliphatic rings. The number of hydrogen-bond donors (Lipinski definition) is 2. The Bertz CT molecular complexity index is 1390. The molecule has 5 rings (SSSR count). The van der Waals surface area contributed by atoms with Crippen molar-refractivity contribution in [2.45, 2.75) is 62.6 Å². The predicted octanol–water partition coefficient (Wildman–Crippen LogP) is 1.21. The van der Waals surface area contributed by atoms with Crippen molar-refractivity contribution < 1.29 is 22.3 Å². The molecule has 36 heavy (non-hydrogen) atoms. The van der Waals surface area contributed by atoms with Crippen LogP contribution >= 0.6 is 0 Å². The number of rotatable bonds is 5. The number of nitrogens with one attached hydrogen (secondary N) is 1. The van der Waals surface area contributed by atoms with E-state index < -0.39 is 46.4 Å². The van der Waals surface area contributed by atoms with Gasteiger partial charge in [0.15, 0.2) is 0 Å². The van der Waals surface area contributed by atoms with Crippen LogP contribution in [0.4, 0.5) is 14.7 Å². The summed E-state index contributed by atoms with van der Waals surface area (Å²) in [5.41, 5.74) is -1.38. The number of alkyl halides is 2. The summed E-state index contributed by atoms with van der Waals surface area (Å²) in [7, 11) is -3.92. The zero-order chi connectivity index (χ0) is 25.9. The number of aliphatic hydroxyl groups is 1. The van der Waals surface area contributed by atoms with Crippen molar-refractivity contribution in [2.75, 3.05) is 31.5 Å². The van der Waals surface area contributed by atoms with Crippen molar-refractivity contribution in [3.8, 4) is 6.07 Å². The van der Waals surface area contributed by atoms with E-state index in [0.717, 1.165) is 10.7 Å². The van der Waals surface area contributed by atoms with Gasteiger partial charge in [-0.15, -0.1) is 0 Å². The van der Waals surface area contributed by atoms with E-state index in [4.69, 9.17) is 0 Å². The van der Waals surface area contributed by atoms with Crippen LogP contribution in [0.5, 0.6) is 0 Å². The highest BCUT2D eigenvalue weighted by atomic mass is 32.2. The van der Waals surface area contributed by atoms with E-state index in [1.54, 1.807) is 6.92 Å². The van der Waals surface area contributed by atoms with Crippen LogP contribution in [0.3, 0.4) is 0 Å². The van der Waals surface area contributed by atoms with Gasteiger partial charge in [0.25, 0.3) is 21.7 Å². The number of aromatic nitrogens is 3. The average Bonchev–Trinajstić information content (AvgIpc) is 3.16. The Morgan fingerprint density at radius 2 is 1.92 bits per heavy atom. The molecular weight excluding hydrogens is 496 g/mol. The Morgan fingerprint density at radius 3 is 2.50 bits per heavy atom. The molecule has 11 nitrogen and oxygen atoms in total. The first kappa shape index (κ1) is 24.9. The summed E-state index contributed by atoms with van der Waals surface area (Å²) in [4.78, 5) is 21.9. The number of anilines is 1. The summed E-state index contributed by atoms with van der Waals surface area (Å²) >= 11 is 0. The SMILES string of the molecule is C[C@@]1(O)CCC[C@H]1n1c(=O)c(C#N)cc2cnc(NC3CCN(S(=O)(=O)N4CC(F)(F)C4)CC3)nc21. The number of nitriles is 1. The molecule has 2 aromatic rings. The van der Waals surface area contributed by atoms with Crippen LogP contribution in [0.15, 0.2) is 17.1 Å². The minimum atomic E-state index is -3.92. The Kier molecular flexibility index (Phi) is 6.02. The van der Waals surface area contributed by atoms with E-state index in [2.05, 4.69) is 15.3 Å². The van der Waals surface area contributed by atoms with Gasteiger partial charge >= 0.3 is 0 Å². The predicted molar refractivity (Wildman–Crippen MR) is 126 cm³/mol. The van der Waals surface area contributed by atoms with Crippen LogP contribution in [0.2, 0.25) is 0 Å². The fraction of sp³-hybridized carbons (Fsp3) is 0.636. The molecule has 0 spiro atoms. The normalized spacial score (nSPS) is 27.6. The lowest BCUT2D eigenvalue weighted by Crippen LogP contribution is -2.62. The van der Waals surface area contributed by atoms with E-state index in [1.165, 1.54) is 21.1 Å². The van der Waals surface area contributed by atoms with Crippen molar-refractivity contribution in [2.24, 2.45) is 0 Å². The molecule has 1 saturated carbocycles. The number of fused-ring (bicyclic) bond motifs is 1. The van der Waals surface area contributed by atoms with Gasteiger partial charge in [-0.3, -0.25) is 9.36 Å². The highest BCUT2D eigenvalue weighted by Gasteiger charge is 2.51. The zero-order valence-corrected chi connectivity index (χ0v) is 20.5. The average molecular weight is 524 g/mol. The van der Waals surface area contributed by atoms with Gasteiger partial charge in [0.2, 0.25) is 5.95 Å². The highest BCUT2D eigenvalue weighted by Crippen LogP contribution is 2.39. The van der Waals surface area contributed by atoms with Crippen LogP contribution in [-0.2, 0) is 10.2 Å². The number of halogens is 2. The fourth-order valence-electron chi connectivity index (χ4n) is 5.31. The molecule has 1 aliphatic carbocycles.